The molecule has 2 rings (SSSR count). The molecule has 0 aromatic heterocycles. The number of carbonyl (C=O) groups excluding carboxylic acids is 1. The van der Waals surface area contributed by atoms with E-state index in [1.165, 1.54) is 18.2 Å². The summed E-state index contributed by atoms with van der Waals surface area (Å²) in [5.41, 5.74) is 0.0623. The van der Waals surface area contributed by atoms with E-state index in [1.54, 1.807) is 0 Å². The zero-order valence-corrected chi connectivity index (χ0v) is 11.4. The molecule has 0 radical (unpaired) electrons. The van der Waals surface area contributed by atoms with Crippen molar-refractivity contribution in [1.82, 2.24) is 0 Å². The van der Waals surface area contributed by atoms with Crippen molar-refractivity contribution in [2.75, 3.05) is 5.32 Å². The second-order valence-electron chi connectivity index (χ2n) is 4.44. The molecule has 0 heterocycles. The largest absolute Gasteiger partial charge is 0.438 e. The van der Waals surface area contributed by atoms with Crippen LogP contribution in [0.1, 0.15) is 18.7 Å². The summed E-state index contributed by atoms with van der Waals surface area (Å²) in [6.45, 7) is 1.12. The third kappa shape index (κ3) is 3.75. The first-order valence-corrected chi connectivity index (χ1v) is 6.20. The Morgan fingerprint density at radius 1 is 1.09 bits per heavy atom. The molecule has 1 N–H and O–H groups in total. The lowest BCUT2D eigenvalue weighted by molar-refractivity contribution is -0.145. The van der Waals surface area contributed by atoms with Crippen LogP contribution in [-0.2, 0) is 9.53 Å². The molecule has 0 saturated heterocycles. The highest BCUT2D eigenvalue weighted by molar-refractivity contribution is 5.66. The maximum atomic E-state index is 13.2. The average molecular weight is 313 g/mol. The van der Waals surface area contributed by atoms with Gasteiger partial charge >= 0.3 is 5.97 Å². The molecular weight excluding hydrogens is 302 g/mol. The van der Waals surface area contributed by atoms with Gasteiger partial charge in [0.15, 0.2) is 23.7 Å². The third-order valence-corrected chi connectivity index (χ3v) is 2.72. The molecular formula is C15H11F4NO2. The Morgan fingerprint density at radius 2 is 1.73 bits per heavy atom. The van der Waals surface area contributed by atoms with Gasteiger partial charge in [-0.3, -0.25) is 4.79 Å². The molecule has 0 saturated carbocycles. The van der Waals surface area contributed by atoms with Crippen LogP contribution >= 0.6 is 0 Å². The Kier molecular flexibility index (Phi) is 4.65. The fourth-order valence-electron chi connectivity index (χ4n) is 1.81. The first-order chi connectivity index (χ1) is 10.4. The van der Waals surface area contributed by atoms with Crippen molar-refractivity contribution in [3.63, 3.8) is 0 Å². The molecule has 2 aromatic rings. The third-order valence-electron chi connectivity index (χ3n) is 2.72. The van der Waals surface area contributed by atoms with Gasteiger partial charge in [-0.2, -0.15) is 0 Å². The van der Waals surface area contributed by atoms with Gasteiger partial charge in [0.2, 0.25) is 0 Å². The van der Waals surface area contributed by atoms with Crippen molar-refractivity contribution in [2.45, 2.75) is 13.2 Å². The van der Waals surface area contributed by atoms with E-state index in [-0.39, 0.29) is 11.3 Å². The molecule has 1 atom stereocenters. The quantitative estimate of drug-likeness (QED) is 0.402. The maximum absolute atomic E-state index is 13.2. The Bertz CT molecular complexity index is 683. The van der Waals surface area contributed by atoms with E-state index < -0.39 is 35.5 Å². The second-order valence-corrected chi connectivity index (χ2v) is 4.44. The predicted molar refractivity (Wildman–Crippen MR) is 70.8 cm³/mol. The van der Waals surface area contributed by atoms with Crippen molar-refractivity contribution in [1.29, 1.82) is 0 Å². The van der Waals surface area contributed by atoms with Crippen LogP contribution in [0.5, 0.6) is 0 Å². The highest BCUT2D eigenvalue weighted by Gasteiger charge is 2.18. The number of carbonyl (C=O) groups is 1. The number of hydrogen-bond donors (Lipinski definition) is 1. The minimum absolute atomic E-state index is 0.160. The Hall–Kier alpha value is -2.57. The van der Waals surface area contributed by atoms with Crippen molar-refractivity contribution < 1.29 is 27.1 Å². The summed E-state index contributed by atoms with van der Waals surface area (Å²) in [4.78, 5) is 11.1. The second kappa shape index (κ2) is 6.46. The monoisotopic (exact) mass is 313 g/mol. The molecule has 0 fully saturated rings. The van der Waals surface area contributed by atoms with E-state index in [0.717, 1.165) is 13.0 Å². The summed E-state index contributed by atoms with van der Waals surface area (Å²) in [7, 11) is 0. The molecule has 0 aliphatic rings. The zero-order valence-electron chi connectivity index (χ0n) is 11.4. The maximum Gasteiger partial charge on any atom is 0.304 e. The number of halogens is 4. The lowest BCUT2D eigenvalue weighted by atomic mass is 10.2. The minimum atomic E-state index is -1.61. The first-order valence-electron chi connectivity index (χ1n) is 6.20. The van der Waals surface area contributed by atoms with Gasteiger partial charge in [-0.05, 0) is 12.1 Å². The average Bonchev–Trinajstić information content (AvgIpc) is 2.43. The van der Waals surface area contributed by atoms with Gasteiger partial charge in [0.25, 0.3) is 0 Å². The number of rotatable bonds is 4. The van der Waals surface area contributed by atoms with Crippen molar-refractivity contribution in [2.24, 2.45) is 0 Å². The van der Waals surface area contributed by atoms with E-state index in [0.29, 0.717) is 12.1 Å². The summed E-state index contributed by atoms with van der Waals surface area (Å²) in [6, 6.07) is 6.53. The summed E-state index contributed by atoms with van der Waals surface area (Å²) in [5.74, 6) is -5.68. The van der Waals surface area contributed by atoms with Crippen LogP contribution in [-0.4, -0.2) is 5.97 Å². The highest BCUT2D eigenvalue weighted by atomic mass is 19.2. The molecule has 0 bridgehead atoms. The number of benzene rings is 2. The Balaban J connectivity index is 2.33. The number of ether oxygens (including phenoxy) is 1. The minimum Gasteiger partial charge on any atom is -0.438 e. The molecule has 22 heavy (non-hydrogen) atoms. The molecule has 0 aliphatic heterocycles. The van der Waals surface area contributed by atoms with Crippen LogP contribution in [0, 0.1) is 23.3 Å². The van der Waals surface area contributed by atoms with Crippen molar-refractivity contribution in [3.8, 4) is 0 Å². The van der Waals surface area contributed by atoms with Crippen LogP contribution in [0.3, 0.4) is 0 Å². The van der Waals surface area contributed by atoms with Crippen molar-refractivity contribution in [3.05, 3.63) is 65.2 Å². The van der Waals surface area contributed by atoms with E-state index in [2.05, 4.69) is 5.32 Å². The lowest BCUT2D eigenvalue weighted by Crippen LogP contribution is -2.17. The fraction of sp³-hybridized carbons (Fsp3) is 0.133. The summed E-state index contributed by atoms with van der Waals surface area (Å²) in [6.07, 6.45) is -1.18. The smallest absolute Gasteiger partial charge is 0.304 e. The number of esters is 1. The normalized spacial score (nSPS) is 11.9. The van der Waals surface area contributed by atoms with E-state index >= 15 is 0 Å². The summed E-state index contributed by atoms with van der Waals surface area (Å²) >= 11 is 0. The molecule has 3 nitrogen and oxygen atoms in total. The number of anilines is 1. The zero-order chi connectivity index (χ0) is 16.3. The van der Waals surface area contributed by atoms with E-state index in [9.17, 15) is 22.4 Å². The van der Waals surface area contributed by atoms with Crippen molar-refractivity contribution >= 4 is 11.7 Å². The molecule has 2 aromatic carbocycles. The summed E-state index contributed by atoms with van der Waals surface area (Å²) in [5, 5.41) is 2.51. The number of hydrogen-bond acceptors (Lipinski definition) is 3. The van der Waals surface area contributed by atoms with Gasteiger partial charge in [-0.1, -0.05) is 12.1 Å². The molecule has 0 amide bonds. The van der Waals surface area contributed by atoms with Crippen LogP contribution in [0.25, 0.3) is 0 Å². The highest BCUT2D eigenvalue weighted by Crippen LogP contribution is 2.24. The standard InChI is InChI=1S/C15H11F4NO2/c1-8(21)22-15(9-3-2-4-10(16)5-9)20-11-6-12(17)14(19)13(18)7-11/h2-7,15,20H,1H3. The van der Waals surface area contributed by atoms with Gasteiger partial charge in [0.05, 0.1) is 0 Å². The van der Waals surface area contributed by atoms with Gasteiger partial charge < -0.3 is 10.1 Å². The van der Waals surface area contributed by atoms with Crippen LogP contribution in [0.2, 0.25) is 0 Å². The van der Waals surface area contributed by atoms with E-state index in [4.69, 9.17) is 4.74 Å². The Labute approximate surface area is 123 Å². The van der Waals surface area contributed by atoms with Crippen LogP contribution < -0.4 is 5.32 Å². The fourth-order valence-corrected chi connectivity index (χ4v) is 1.81. The molecule has 116 valence electrons. The van der Waals surface area contributed by atoms with Gasteiger partial charge in [-0.15, -0.1) is 0 Å². The predicted octanol–water partition coefficient (Wildman–Crippen LogP) is 3.92. The molecule has 7 heteroatoms. The topological polar surface area (TPSA) is 38.3 Å². The number of nitrogens with one attached hydrogen (secondary N) is 1. The first kappa shape index (κ1) is 15.8. The van der Waals surface area contributed by atoms with Gasteiger partial charge in [0.1, 0.15) is 5.82 Å². The van der Waals surface area contributed by atoms with Crippen LogP contribution in [0.15, 0.2) is 36.4 Å². The molecule has 0 spiro atoms. The molecule has 0 aliphatic carbocycles. The van der Waals surface area contributed by atoms with Gasteiger partial charge in [0, 0.05) is 30.3 Å². The lowest BCUT2D eigenvalue weighted by Gasteiger charge is -2.20. The SMILES string of the molecule is CC(=O)OC(Nc1cc(F)c(F)c(F)c1)c1cccc(F)c1. The summed E-state index contributed by atoms with van der Waals surface area (Å²) < 4.78 is 57.5. The van der Waals surface area contributed by atoms with Crippen LogP contribution in [0.4, 0.5) is 23.2 Å². The van der Waals surface area contributed by atoms with E-state index in [1.807, 2.05) is 0 Å². The Morgan fingerprint density at radius 3 is 2.27 bits per heavy atom. The van der Waals surface area contributed by atoms with Gasteiger partial charge in [-0.25, -0.2) is 17.6 Å². The molecule has 1 unspecified atom stereocenters.